The van der Waals surface area contributed by atoms with Crippen LogP contribution in [0.25, 0.3) is 11.1 Å². The monoisotopic (exact) mass is 1240 g/mol. The van der Waals surface area contributed by atoms with Gasteiger partial charge in [-0.2, -0.15) is 0 Å². The van der Waals surface area contributed by atoms with E-state index in [-0.39, 0.29) is 31.4 Å². The zero-order valence-corrected chi connectivity index (χ0v) is 56.0. The quantitative estimate of drug-likeness (QED) is 0.0346. The summed E-state index contributed by atoms with van der Waals surface area (Å²) in [7, 11) is -1.55. The largest absolute Gasteiger partial charge is 0.319 e. The number of hydrogen-bond donors (Lipinski definition) is 0. The van der Waals surface area contributed by atoms with Crippen LogP contribution in [-0.2, 0) is 4.74 Å². The minimum atomic E-state index is -1.03. The maximum atomic E-state index is 13.8. The Morgan fingerprint density at radius 2 is 0.871 bits per heavy atom. The second-order valence-corrected chi connectivity index (χ2v) is 37.3. The molecule has 0 N–H and O–H groups in total. The molecule has 0 aromatic heterocycles. The van der Waals surface area contributed by atoms with E-state index >= 15 is 0 Å². The Morgan fingerprint density at radius 1 is 0.412 bits per heavy atom. The fraction of sp³-hybridized carbons (Fsp3) is 0.671. The number of hydrogen-bond acceptors (Lipinski definition) is 1. The molecule has 0 bridgehead atoms. The van der Waals surface area contributed by atoms with Crippen LogP contribution in [0.4, 0.5) is 35.1 Å². The molecule has 0 amide bonds. The molecule has 4 aromatic rings. The molecular weight excluding hydrogens is 1130 g/mol. The predicted molar refractivity (Wildman–Crippen MR) is 352 cm³/mol. The number of unbranched alkanes of at least 4 members (excludes halogenated alkanes) is 9. The van der Waals surface area contributed by atoms with Crippen molar-refractivity contribution < 1.29 is 39.9 Å². The Kier molecular flexibility index (Phi) is 34.5. The summed E-state index contributed by atoms with van der Waals surface area (Å²) >= 11 is 0. The first-order chi connectivity index (χ1) is 41.5. The van der Waals surface area contributed by atoms with Crippen molar-refractivity contribution in [3.05, 3.63) is 130 Å². The van der Waals surface area contributed by atoms with Gasteiger partial charge in [0.05, 0.1) is 20.0 Å². The first-order valence-electron chi connectivity index (χ1n) is 34.3. The van der Waals surface area contributed by atoms with E-state index in [1.165, 1.54) is 195 Å². The zero-order chi connectivity index (χ0) is 60.4. The second-order valence-electron chi connectivity index (χ2n) is 26.8. The molecule has 5 aliphatic rings. The number of rotatable bonds is 26. The normalized spacial score (nSPS) is 25.1. The van der Waals surface area contributed by atoms with Gasteiger partial charge in [-0.15, -0.1) is 0 Å². The van der Waals surface area contributed by atoms with E-state index in [2.05, 4.69) is 54.1 Å². The lowest BCUT2D eigenvalue weighted by atomic mass is 9.72. The van der Waals surface area contributed by atoms with E-state index in [9.17, 15) is 35.1 Å². The van der Waals surface area contributed by atoms with Crippen molar-refractivity contribution in [3.63, 3.8) is 0 Å². The number of ether oxygens (including phenoxy) is 1. The van der Waals surface area contributed by atoms with Gasteiger partial charge in [0.15, 0.2) is 13.7 Å². The Balaban J connectivity index is 0.000000196. The van der Waals surface area contributed by atoms with Crippen LogP contribution in [0, 0.1) is 49.1 Å². The summed E-state index contributed by atoms with van der Waals surface area (Å²) in [5.74, 6) is 3.88. The third-order valence-corrected chi connectivity index (χ3v) is 32.2. The molecule has 1 nitrogen and oxygen atoms in total. The van der Waals surface area contributed by atoms with Gasteiger partial charge in [0, 0.05) is 32.0 Å². The van der Waals surface area contributed by atoms with E-state index < -0.39 is 51.7 Å². The minimum Gasteiger partial charge on any atom is -0.319 e. The van der Waals surface area contributed by atoms with Gasteiger partial charge < -0.3 is 4.74 Å². The van der Waals surface area contributed by atoms with Gasteiger partial charge in [0.1, 0.15) is 17.5 Å². The highest BCUT2D eigenvalue weighted by atomic mass is 28.3. The van der Waals surface area contributed by atoms with Gasteiger partial charge in [-0.3, -0.25) is 13.2 Å². The van der Waals surface area contributed by atoms with Crippen LogP contribution in [0.2, 0.25) is 53.9 Å². The molecule has 12 heteroatoms. The van der Waals surface area contributed by atoms with Crippen molar-refractivity contribution >= 4 is 26.4 Å². The van der Waals surface area contributed by atoms with E-state index in [1.54, 1.807) is 41.9 Å². The Labute approximate surface area is 515 Å². The fourth-order valence-electron chi connectivity index (χ4n) is 15.6. The van der Waals surface area contributed by atoms with Crippen molar-refractivity contribution in [2.24, 2.45) is 17.8 Å². The van der Waals surface area contributed by atoms with E-state index in [4.69, 9.17) is 0 Å². The summed E-state index contributed by atoms with van der Waals surface area (Å²) in [4.78, 5) is 0. The molecule has 2 aliphatic carbocycles. The van der Waals surface area contributed by atoms with Gasteiger partial charge in [0.25, 0.3) is 0 Å². The van der Waals surface area contributed by atoms with Gasteiger partial charge in [-0.1, -0.05) is 217 Å². The summed E-state index contributed by atoms with van der Waals surface area (Å²) in [5.41, 5.74) is 8.19. The first kappa shape index (κ1) is 71.0. The van der Waals surface area contributed by atoms with Gasteiger partial charge in [-0.25, -0.2) is 22.0 Å². The van der Waals surface area contributed by atoms with Crippen LogP contribution >= 0.6 is 0 Å². The second kappa shape index (κ2) is 41.3. The minimum absolute atomic E-state index is 0.0704. The van der Waals surface area contributed by atoms with Gasteiger partial charge in [-0.05, 0) is 178 Å². The molecule has 0 atom stereocenters. The van der Waals surface area contributed by atoms with Crippen molar-refractivity contribution in [1.82, 2.24) is 0 Å². The summed E-state index contributed by atoms with van der Waals surface area (Å²) in [6.45, 7) is 1.15. The SMILES string of the molecule is Cc1c(F)cc(-c2ccc(C3CC[SiH](CCCCCF)CC3)cc2)cc1F.Cc1ccc(C2CCC([SiH]3CCC(CCCCCCF)CC3)CC2)cc1.FCCCCCCC[SiH]1CCC(C2CCC(c3cccc(F)c3)CC2)CC1.FCOCF. The first-order valence-corrected chi connectivity index (χ1v) is 41.5. The Morgan fingerprint density at radius 3 is 1.40 bits per heavy atom. The maximum absolute atomic E-state index is 13.8. The average Bonchev–Trinajstić information content (AvgIpc) is 3.39. The molecule has 0 unspecified atom stereocenters. The standard InChI is InChI=1S/C24H38F2Si.C24H39FSi.C23H29F3Si.C2H4F2O/c25-15-4-2-1-3-5-16-27-17-13-22(14-18-27)20-9-11-21(12-10-20)23-7-6-8-24(26)19-23;1-20-7-9-22(10-8-20)23-11-13-24(14-12-23)26-18-15-21(16-19-26)6-4-2-3-5-17-25;1-17-22(25)15-21(16-23(17)26)19-7-5-18(6-8-19)20-9-13-27(14-10-20)12-4-2-3-11-24;3-1-5-2-4/h6-8,19-22,27H,1-5,9-18H2;7-10,21,23-24,26H,2-6,11-19H2,1H3;5-8,15-16,20,27H,2-4,9-14H2,1H3;1-2H2. The Hall–Kier alpha value is -3.07. The molecule has 85 heavy (non-hydrogen) atoms. The smallest absolute Gasteiger partial charge is 0.191 e. The molecule has 3 saturated heterocycles. The van der Waals surface area contributed by atoms with Crippen molar-refractivity contribution in [3.8, 4) is 11.1 Å². The van der Waals surface area contributed by atoms with Crippen molar-refractivity contribution in [2.75, 3.05) is 33.7 Å². The lowest BCUT2D eigenvalue weighted by Gasteiger charge is -2.37. The highest BCUT2D eigenvalue weighted by molar-refractivity contribution is 6.60. The summed E-state index contributed by atoms with van der Waals surface area (Å²) in [6, 6.07) is 39.7. The third-order valence-electron chi connectivity index (χ3n) is 21.0. The van der Waals surface area contributed by atoms with E-state index in [1.807, 2.05) is 18.2 Å². The molecule has 0 spiro atoms. The highest BCUT2D eigenvalue weighted by Gasteiger charge is 2.34. The number of halogens is 8. The van der Waals surface area contributed by atoms with Gasteiger partial charge in [0.2, 0.25) is 0 Å². The van der Waals surface area contributed by atoms with Crippen LogP contribution in [0.15, 0.2) is 84.9 Å². The van der Waals surface area contributed by atoms with E-state index in [0.717, 1.165) is 73.3 Å². The van der Waals surface area contributed by atoms with Crippen LogP contribution in [0.3, 0.4) is 0 Å². The topological polar surface area (TPSA) is 9.23 Å². The fourth-order valence-corrected chi connectivity index (χ4v) is 26.9. The zero-order valence-electron chi connectivity index (χ0n) is 52.6. The summed E-state index contributed by atoms with van der Waals surface area (Å²) in [5, 5.41) is 0. The van der Waals surface area contributed by atoms with Crippen molar-refractivity contribution in [2.45, 2.75) is 259 Å². The summed E-state index contributed by atoms with van der Waals surface area (Å²) in [6.07, 6.45) is 34.4. The highest BCUT2D eigenvalue weighted by Crippen LogP contribution is 2.46. The van der Waals surface area contributed by atoms with Gasteiger partial charge >= 0.3 is 0 Å². The number of alkyl halides is 5. The lowest BCUT2D eigenvalue weighted by Crippen LogP contribution is -2.29. The number of benzene rings is 4. The molecule has 5 fully saturated rings. The lowest BCUT2D eigenvalue weighted by molar-refractivity contribution is 0.00298. The van der Waals surface area contributed by atoms with Crippen LogP contribution in [0.5, 0.6) is 0 Å². The molecular formula is C73H110F8OSi3. The summed E-state index contributed by atoms with van der Waals surface area (Å²) < 4.78 is 102. The third kappa shape index (κ3) is 25.8. The number of aryl methyl sites for hydroxylation is 1. The predicted octanol–water partition coefficient (Wildman–Crippen LogP) is 23.3. The molecule has 0 radical (unpaired) electrons. The Bertz CT molecular complexity index is 2310. The van der Waals surface area contributed by atoms with E-state index in [0.29, 0.717) is 17.4 Å². The molecule has 2 saturated carbocycles. The van der Waals surface area contributed by atoms with Crippen LogP contribution in [-0.4, -0.2) is 60.1 Å². The molecule has 3 aliphatic heterocycles. The maximum Gasteiger partial charge on any atom is 0.191 e. The molecule has 4 aromatic carbocycles. The van der Waals surface area contributed by atoms with Crippen LogP contribution in [0.1, 0.15) is 219 Å². The van der Waals surface area contributed by atoms with Crippen LogP contribution < -0.4 is 0 Å². The molecule has 476 valence electrons. The average molecular weight is 1240 g/mol. The molecule has 9 rings (SSSR count). The molecule has 3 heterocycles. The van der Waals surface area contributed by atoms with Crippen molar-refractivity contribution in [1.29, 1.82) is 0 Å².